The summed E-state index contributed by atoms with van der Waals surface area (Å²) in [7, 11) is 0. The number of hydrogen-bond acceptors (Lipinski definition) is 4. The van der Waals surface area contributed by atoms with E-state index in [0.29, 0.717) is 23.0 Å². The van der Waals surface area contributed by atoms with Gasteiger partial charge < -0.3 is 14.7 Å². The molecule has 116 valence electrons. The summed E-state index contributed by atoms with van der Waals surface area (Å²) in [6, 6.07) is 12.6. The van der Waals surface area contributed by atoms with Crippen molar-refractivity contribution in [3.8, 4) is 23.3 Å². The molecule has 1 atom stereocenters. The first-order chi connectivity index (χ1) is 11.1. The van der Waals surface area contributed by atoms with Gasteiger partial charge in [-0.1, -0.05) is 25.1 Å². The summed E-state index contributed by atoms with van der Waals surface area (Å²) in [6.45, 7) is 5.02. The Morgan fingerprint density at radius 2 is 2.04 bits per heavy atom. The van der Waals surface area contributed by atoms with Crippen molar-refractivity contribution in [3.63, 3.8) is 0 Å². The minimum Gasteiger partial charge on any atom is -0.504 e. The zero-order valence-electron chi connectivity index (χ0n) is 13.2. The van der Waals surface area contributed by atoms with Crippen LogP contribution < -0.4 is 9.64 Å². The Hall–Kier alpha value is -2.93. The van der Waals surface area contributed by atoms with E-state index in [1.165, 1.54) is 0 Å². The first-order valence-electron chi connectivity index (χ1n) is 7.54. The standard InChI is InChI=1S/C19H18N2O2/c1-13-7-8-21(12-13)16-10-19(17(22)9-14(16)2)23-18-6-4-3-5-15(18)11-20/h3-10,13,22H,12H2,1-2H3. The van der Waals surface area contributed by atoms with Crippen LogP contribution in [-0.2, 0) is 0 Å². The van der Waals surface area contributed by atoms with E-state index in [2.05, 4.69) is 30.2 Å². The molecule has 1 heterocycles. The number of ether oxygens (including phenoxy) is 1. The van der Waals surface area contributed by atoms with E-state index in [9.17, 15) is 5.11 Å². The lowest BCUT2D eigenvalue weighted by Crippen LogP contribution is -2.16. The van der Waals surface area contributed by atoms with Gasteiger partial charge in [-0.2, -0.15) is 5.26 Å². The highest BCUT2D eigenvalue weighted by atomic mass is 16.5. The summed E-state index contributed by atoms with van der Waals surface area (Å²) in [4.78, 5) is 2.14. The fourth-order valence-corrected chi connectivity index (χ4v) is 2.68. The Kier molecular flexibility index (Phi) is 3.94. The normalized spacial score (nSPS) is 16.4. The Bertz CT molecular complexity index is 806. The molecular weight excluding hydrogens is 288 g/mol. The molecule has 4 nitrogen and oxygen atoms in total. The van der Waals surface area contributed by atoms with Crippen LogP contribution in [0.15, 0.2) is 48.7 Å². The molecule has 23 heavy (non-hydrogen) atoms. The molecule has 1 unspecified atom stereocenters. The molecule has 1 aliphatic rings. The highest BCUT2D eigenvalue weighted by Crippen LogP contribution is 2.38. The highest BCUT2D eigenvalue weighted by molar-refractivity contribution is 5.64. The molecular formula is C19H18N2O2. The van der Waals surface area contributed by atoms with Crippen LogP contribution in [-0.4, -0.2) is 11.7 Å². The van der Waals surface area contributed by atoms with Crippen molar-refractivity contribution in [2.75, 3.05) is 11.4 Å². The Morgan fingerprint density at radius 1 is 1.26 bits per heavy atom. The van der Waals surface area contributed by atoms with Crippen LogP contribution in [0.5, 0.6) is 17.2 Å². The van der Waals surface area contributed by atoms with Gasteiger partial charge in [-0.15, -0.1) is 0 Å². The summed E-state index contributed by atoms with van der Waals surface area (Å²) >= 11 is 0. The zero-order chi connectivity index (χ0) is 16.4. The van der Waals surface area contributed by atoms with Crippen molar-refractivity contribution in [1.82, 2.24) is 0 Å². The number of rotatable bonds is 3. The topological polar surface area (TPSA) is 56.5 Å². The van der Waals surface area contributed by atoms with Gasteiger partial charge in [0.25, 0.3) is 0 Å². The number of phenolic OH excluding ortho intramolecular Hbond substituents is 1. The number of phenols is 1. The molecule has 0 saturated carbocycles. The minimum absolute atomic E-state index is 0.0650. The van der Waals surface area contributed by atoms with E-state index < -0.39 is 0 Å². The molecule has 0 fully saturated rings. The van der Waals surface area contributed by atoms with E-state index in [1.54, 1.807) is 30.3 Å². The molecule has 1 aliphatic heterocycles. The molecule has 2 aromatic rings. The zero-order valence-corrected chi connectivity index (χ0v) is 13.2. The van der Waals surface area contributed by atoms with E-state index in [-0.39, 0.29) is 5.75 Å². The third kappa shape index (κ3) is 3.00. The number of hydrogen-bond donors (Lipinski definition) is 1. The van der Waals surface area contributed by atoms with Crippen LogP contribution in [0.4, 0.5) is 5.69 Å². The van der Waals surface area contributed by atoms with Crippen LogP contribution in [0.1, 0.15) is 18.1 Å². The van der Waals surface area contributed by atoms with Crippen molar-refractivity contribution in [1.29, 1.82) is 5.26 Å². The lowest BCUT2D eigenvalue weighted by molar-refractivity contribution is 0.410. The lowest BCUT2D eigenvalue weighted by Gasteiger charge is -2.21. The third-order valence-electron chi connectivity index (χ3n) is 3.89. The predicted molar refractivity (Wildman–Crippen MR) is 89.7 cm³/mol. The number of benzene rings is 2. The van der Waals surface area contributed by atoms with E-state index in [0.717, 1.165) is 17.8 Å². The molecule has 0 aliphatic carbocycles. The largest absolute Gasteiger partial charge is 0.504 e. The quantitative estimate of drug-likeness (QED) is 0.916. The fraction of sp³-hybridized carbons (Fsp3) is 0.211. The number of nitrogens with zero attached hydrogens (tertiary/aromatic N) is 2. The predicted octanol–water partition coefficient (Wildman–Crippen LogP) is 4.33. The molecule has 0 spiro atoms. The molecule has 0 amide bonds. The smallest absolute Gasteiger partial charge is 0.171 e. The lowest BCUT2D eigenvalue weighted by atomic mass is 10.1. The SMILES string of the molecule is Cc1cc(O)c(Oc2ccccc2C#N)cc1N1C=CC(C)C1. The van der Waals surface area contributed by atoms with Gasteiger partial charge in [0, 0.05) is 24.5 Å². The van der Waals surface area contributed by atoms with Gasteiger partial charge in [-0.3, -0.25) is 0 Å². The van der Waals surface area contributed by atoms with E-state index in [4.69, 9.17) is 10.00 Å². The Balaban J connectivity index is 1.97. The summed E-state index contributed by atoms with van der Waals surface area (Å²) in [6.07, 6.45) is 4.20. The van der Waals surface area contributed by atoms with Gasteiger partial charge in [0.1, 0.15) is 11.8 Å². The molecule has 0 aromatic heterocycles. The Labute approximate surface area is 135 Å². The average molecular weight is 306 g/mol. The molecule has 0 saturated heterocycles. The third-order valence-corrected chi connectivity index (χ3v) is 3.89. The van der Waals surface area contributed by atoms with Gasteiger partial charge >= 0.3 is 0 Å². The van der Waals surface area contributed by atoms with Crippen LogP contribution in [0.25, 0.3) is 0 Å². The number of para-hydroxylation sites is 1. The van der Waals surface area contributed by atoms with Crippen LogP contribution in [0, 0.1) is 24.2 Å². The van der Waals surface area contributed by atoms with E-state index in [1.807, 2.05) is 13.0 Å². The maximum Gasteiger partial charge on any atom is 0.171 e. The molecule has 1 N–H and O–H groups in total. The van der Waals surface area contributed by atoms with Crippen LogP contribution in [0.2, 0.25) is 0 Å². The van der Waals surface area contributed by atoms with E-state index >= 15 is 0 Å². The maximum absolute atomic E-state index is 10.2. The van der Waals surface area contributed by atoms with Crippen molar-refractivity contribution in [2.45, 2.75) is 13.8 Å². The second-order valence-corrected chi connectivity index (χ2v) is 5.79. The summed E-state index contributed by atoms with van der Waals surface area (Å²) in [5, 5.41) is 19.3. The van der Waals surface area contributed by atoms with Crippen LogP contribution in [0.3, 0.4) is 0 Å². The second-order valence-electron chi connectivity index (χ2n) is 5.79. The number of anilines is 1. The fourth-order valence-electron chi connectivity index (χ4n) is 2.68. The molecule has 4 heteroatoms. The van der Waals surface area contributed by atoms with Gasteiger partial charge in [0.15, 0.2) is 11.5 Å². The average Bonchev–Trinajstić information content (AvgIpc) is 2.96. The first-order valence-corrected chi connectivity index (χ1v) is 7.54. The highest BCUT2D eigenvalue weighted by Gasteiger charge is 2.18. The molecule has 3 rings (SSSR count). The summed E-state index contributed by atoms with van der Waals surface area (Å²) in [5.41, 5.74) is 2.40. The second kappa shape index (κ2) is 6.05. The van der Waals surface area contributed by atoms with Crippen LogP contribution >= 0.6 is 0 Å². The van der Waals surface area contributed by atoms with Gasteiger partial charge in [-0.05, 0) is 36.6 Å². The number of nitriles is 1. The van der Waals surface area contributed by atoms with Gasteiger partial charge in [0.05, 0.1) is 5.56 Å². The molecule has 0 bridgehead atoms. The summed E-state index contributed by atoms with van der Waals surface area (Å²) in [5.74, 6) is 1.34. The van der Waals surface area contributed by atoms with Crippen molar-refractivity contribution in [2.24, 2.45) is 5.92 Å². The Morgan fingerprint density at radius 3 is 2.74 bits per heavy atom. The van der Waals surface area contributed by atoms with Gasteiger partial charge in [0.2, 0.25) is 0 Å². The van der Waals surface area contributed by atoms with Crippen molar-refractivity contribution < 1.29 is 9.84 Å². The maximum atomic E-state index is 10.2. The summed E-state index contributed by atoms with van der Waals surface area (Å²) < 4.78 is 5.79. The van der Waals surface area contributed by atoms with Gasteiger partial charge in [-0.25, -0.2) is 0 Å². The first kappa shape index (κ1) is 15.0. The number of aromatic hydroxyl groups is 1. The van der Waals surface area contributed by atoms with Crippen molar-refractivity contribution >= 4 is 5.69 Å². The molecule has 0 radical (unpaired) electrons. The molecule has 2 aromatic carbocycles. The minimum atomic E-state index is 0.0650. The van der Waals surface area contributed by atoms with Crippen molar-refractivity contribution in [3.05, 3.63) is 59.8 Å². The number of aryl methyl sites for hydroxylation is 1. The monoisotopic (exact) mass is 306 g/mol.